The summed E-state index contributed by atoms with van der Waals surface area (Å²) in [7, 11) is 0. The molecule has 5 heteroatoms. The van der Waals surface area contributed by atoms with Crippen molar-refractivity contribution in [2.24, 2.45) is 0 Å². The predicted molar refractivity (Wildman–Crippen MR) is 73.5 cm³/mol. The fourth-order valence-corrected chi connectivity index (χ4v) is 3.29. The van der Waals surface area contributed by atoms with Crippen LogP contribution in [-0.4, -0.2) is 10.2 Å². The minimum Gasteiger partial charge on any atom is -0.353 e. The van der Waals surface area contributed by atoms with Gasteiger partial charge >= 0.3 is 0 Å². The van der Waals surface area contributed by atoms with Gasteiger partial charge in [0.2, 0.25) is 5.13 Å². The highest BCUT2D eigenvalue weighted by atomic mass is 79.9. The van der Waals surface area contributed by atoms with Gasteiger partial charge in [0.1, 0.15) is 5.01 Å². The van der Waals surface area contributed by atoms with Crippen molar-refractivity contribution >= 4 is 32.4 Å². The molecule has 17 heavy (non-hydrogen) atoms. The molecule has 0 amide bonds. The Bertz CT molecular complexity index is 552. The number of aromatic nitrogens is 2. The Kier molecular flexibility index (Phi) is 2.88. The van der Waals surface area contributed by atoms with Crippen LogP contribution >= 0.6 is 27.3 Å². The predicted octanol–water partition coefficient (Wildman–Crippen LogP) is 3.71. The summed E-state index contributed by atoms with van der Waals surface area (Å²) in [6, 6.07) is 6.88. The van der Waals surface area contributed by atoms with E-state index in [9.17, 15) is 0 Å². The maximum Gasteiger partial charge on any atom is 0.206 e. The second-order valence-corrected chi connectivity index (χ2v) is 6.30. The summed E-state index contributed by atoms with van der Waals surface area (Å²) >= 11 is 5.12. The van der Waals surface area contributed by atoms with Crippen LogP contribution in [0.15, 0.2) is 22.7 Å². The quantitative estimate of drug-likeness (QED) is 0.919. The van der Waals surface area contributed by atoms with Crippen molar-refractivity contribution in [3.8, 4) is 0 Å². The van der Waals surface area contributed by atoms with Crippen molar-refractivity contribution in [2.75, 3.05) is 5.32 Å². The molecule has 2 aromatic rings. The van der Waals surface area contributed by atoms with Crippen LogP contribution in [0.2, 0.25) is 0 Å². The number of halogens is 1. The van der Waals surface area contributed by atoms with Gasteiger partial charge < -0.3 is 5.32 Å². The summed E-state index contributed by atoms with van der Waals surface area (Å²) in [5.74, 6) is 0. The van der Waals surface area contributed by atoms with Gasteiger partial charge in [-0.25, -0.2) is 0 Å². The van der Waals surface area contributed by atoms with E-state index in [0.717, 1.165) is 27.5 Å². The molecule has 0 saturated heterocycles. The zero-order valence-electron chi connectivity index (χ0n) is 9.40. The molecule has 88 valence electrons. The molecule has 0 fully saturated rings. The fraction of sp³-hybridized carbons (Fsp3) is 0.333. The first-order valence-corrected chi connectivity index (χ1v) is 7.18. The first kappa shape index (κ1) is 11.2. The number of fused-ring (bicyclic) bond motifs is 1. The first-order valence-electron chi connectivity index (χ1n) is 5.57. The van der Waals surface area contributed by atoms with Gasteiger partial charge in [-0.05, 0) is 43.0 Å². The van der Waals surface area contributed by atoms with Gasteiger partial charge in [-0.3, -0.25) is 0 Å². The van der Waals surface area contributed by atoms with Gasteiger partial charge in [0.15, 0.2) is 0 Å². The van der Waals surface area contributed by atoms with E-state index in [1.165, 1.54) is 11.1 Å². The van der Waals surface area contributed by atoms with Crippen LogP contribution in [0.3, 0.4) is 0 Å². The van der Waals surface area contributed by atoms with E-state index in [2.05, 4.69) is 49.6 Å². The molecule has 1 N–H and O–H groups in total. The smallest absolute Gasteiger partial charge is 0.206 e. The van der Waals surface area contributed by atoms with Crippen LogP contribution in [0.1, 0.15) is 28.6 Å². The zero-order chi connectivity index (χ0) is 11.8. The van der Waals surface area contributed by atoms with Gasteiger partial charge in [-0.2, -0.15) is 0 Å². The van der Waals surface area contributed by atoms with Crippen LogP contribution in [0.5, 0.6) is 0 Å². The van der Waals surface area contributed by atoms with Crippen LogP contribution in [0.25, 0.3) is 0 Å². The van der Waals surface area contributed by atoms with Crippen LogP contribution in [-0.2, 0) is 6.42 Å². The Hall–Kier alpha value is -0.940. The number of nitrogens with one attached hydrogen (secondary N) is 1. The van der Waals surface area contributed by atoms with Crippen molar-refractivity contribution in [2.45, 2.75) is 25.8 Å². The summed E-state index contributed by atoms with van der Waals surface area (Å²) in [4.78, 5) is 0. The Morgan fingerprint density at radius 1 is 1.41 bits per heavy atom. The third-order valence-electron chi connectivity index (χ3n) is 3.01. The normalized spacial score (nSPS) is 18.1. The first-order chi connectivity index (χ1) is 8.22. The molecule has 1 aromatic carbocycles. The van der Waals surface area contributed by atoms with Crippen molar-refractivity contribution in [1.82, 2.24) is 10.2 Å². The summed E-state index contributed by atoms with van der Waals surface area (Å²) in [5.41, 5.74) is 2.82. The fourth-order valence-electron chi connectivity index (χ4n) is 2.24. The maximum atomic E-state index is 4.12. The highest BCUT2D eigenvalue weighted by Gasteiger charge is 2.23. The van der Waals surface area contributed by atoms with Crippen LogP contribution < -0.4 is 5.32 Å². The lowest BCUT2D eigenvalue weighted by atomic mass is 10.1. The highest BCUT2D eigenvalue weighted by molar-refractivity contribution is 9.10. The third-order valence-corrected chi connectivity index (χ3v) is 4.27. The standard InChI is InChI=1S/C12H12BrN3S/c1-7-15-16-12(17-7)14-11-5-2-8-6-9(13)3-4-10(8)11/h3-4,6,11H,2,5H2,1H3,(H,14,16). The van der Waals surface area contributed by atoms with Crippen LogP contribution in [0.4, 0.5) is 5.13 Å². The lowest BCUT2D eigenvalue weighted by Gasteiger charge is -2.12. The number of aryl methyl sites for hydroxylation is 2. The Labute approximate surface area is 112 Å². The lowest BCUT2D eigenvalue weighted by Crippen LogP contribution is -2.06. The maximum absolute atomic E-state index is 4.12. The lowest BCUT2D eigenvalue weighted by molar-refractivity contribution is 0.758. The van der Waals surface area contributed by atoms with Gasteiger partial charge in [0, 0.05) is 4.47 Å². The average molecular weight is 310 g/mol. The number of benzene rings is 1. The molecule has 3 rings (SSSR count). The second kappa shape index (κ2) is 4.38. The van der Waals surface area contributed by atoms with Crippen molar-refractivity contribution in [3.05, 3.63) is 38.8 Å². The molecule has 0 aliphatic heterocycles. The molecule has 1 aromatic heterocycles. The second-order valence-electron chi connectivity index (χ2n) is 4.20. The van der Waals surface area contributed by atoms with Crippen molar-refractivity contribution in [3.63, 3.8) is 0 Å². The average Bonchev–Trinajstić information content (AvgIpc) is 2.86. The highest BCUT2D eigenvalue weighted by Crippen LogP contribution is 2.35. The van der Waals surface area contributed by atoms with Gasteiger partial charge in [0.25, 0.3) is 0 Å². The molecule has 1 atom stereocenters. The van der Waals surface area contributed by atoms with Gasteiger partial charge in [-0.1, -0.05) is 33.3 Å². The van der Waals surface area contributed by atoms with E-state index in [4.69, 9.17) is 0 Å². The van der Waals surface area contributed by atoms with E-state index in [-0.39, 0.29) is 0 Å². The molecule has 3 nitrogen and oxygen atoms in total. The van der Waals surface area contributed by atoms with E-state index >= 15 is 0 Å². The largest absolute Gasteiger partial charge is 0.353 e. The number of anilines is 1. The Morgan fingerprint density at radius 2 is 2.29 bits per heavy atom. The minimum absolute atomic E-state index is 0.380. The molecule has 1 aliphatic rings. The Morgan fingerprint density at radius 3 is 3.06 bits per heavy atom. The minimum atomic E-state index is 0.380. The molecule has 0 spiro atoms. The monoisotopic (exact) mass is 309 g/mol. The van der Waals surface area contributed by atoms with Crippen LogP contribution in [0, 0.1) is 6.92 Å². The molecule has 0 bridgehead atoms. The SMILES string of the molecule is Cc1nnc(NC2CCc3cc(Br)ccc32)s1. The van der Waals surface area contributed by atoms with Crippen molar-refractivity contribution < 1.29 is 0 Å². The molecular weight excluding hydrogens is 298 g/mol. The summed E-state index contributed by atoms with van der Waals surface area (Å²) in [5, 5.41) is 13.5. The topological polar surface area (TPSA) is 37.8 Å². The van der Waals surface area contributed by atoms with E-state index < -0.39 is 0 Å². The third kappa shape index (κ3) is 2.21. The summed E-state index contributed by atoms with van der Waals surface area (Å²) < 4.78 is 1.16. The van der Waals surface area contributed by atoms with E-state index in [1.807, 2.05) is 6.92 Å². The van der Waals surface area contributed by atoms with Gasteiger partial charge in [0.05, 0.1) is 6.04 Å². The van der Waals surface area contributed by atoms with Crippen molar-refractivity contribution in [1.29, 1.82) is 0 Å². The molecule has 1 heterocycles. The van der Waals surface area contributed by atoms with E-state index in [0.29, 0.717) is 6.04 Å². The Balaban J connectivity index is 1.84. The molecule has 0 saturated carbocycles. The number of rotatable bonds is 2. The molecule has 0 radical (unpaired) electrons. The molecule has 1 aliphatic carbocycles. The zero-order valence-corrected chi connectivity index (χ0v) is 11.8. The van der Waals surface area contributed by atoms with Gasteiger partial charge in [-0.15, -0.1) is 10.2 Å². The molecular formula is C12H12BrN3S. The summed E-state index contributed by atoms with van der Waals surface area (Å²) in [6.07, 6.45) is 2.26. The number of hydrogen-bond acceptors (Lipinski definition) is 4. The van der Waals surface area contributed by atoms with E-state index in [1.54, 1.807) is 11.3 Å². The number of hydrogen-bond donors (Lipinski definition) is 1. The summed E-state index contributed by atoms with van der Waals surface area (Å²) in [6.45, 7) is 1.97. The molecule has 1 unspecified atom stereocenters. The number of nitrogens with zero attached hydrogens (tertiary/aromatic N) is 2.